The lowest BCUT2D eigenvalue weighted by Crippen LogP contribution is -2.28. The molecule has 0 N–H and O–H groups in total. The Morgan fingerprint density at radius 1 is 0.381 bits per heavy atom. The van der Waals surface area contributed by atoms with E-state index in [4.69, 9.17) is 8.83 Å². The minimum absolute atomic E-state index is 0.325. The summed E-state index contributed by atoms with van der Waals surface area (Å²) in [5, 5.41) is 7.68. The Morgan fingerprint density at radius 3 is 1.39 bits per heavy atom. The topological polar surface area (TPSA) is 26.3 Å². The Kier molecular flexibility index (Phi) is 16.4. The average molecular weight is 1100 g/mol. The third kappa shape index (κ3) is 10.9. The molecule has 0 atom stereocenters. The molecular weight excluding hydrogens is 1020 g/mol. The minimum atomic E-state index is -0.325. The molecule has 418 valence electrons. The Labute approximate surface area is 497 Å². The number of fused-ring (bicyclic) bond motifs is 13. The minimum Gasteiger partial charge on any atom is -0.456 e. The van der Waals surface area contributed by atoms with E-state index in [1.807, 2.05) is 36.4 Å². The molecule has 0 saturated carbocycles. The quantitative estimate of drug-likeness (QED) is 0.176. The van der Waals surface area contributed by atoms with Crippen LogP contribution in [0.3, 0.4) is 0 Å². The molecule has 0 unspecified atom stereocenters. The van der Waals surface area contributed by atoms with E-state index in [2.05, 4.69) is 243 Å². The summed E-state index contributed by atoms with van der Waals surface area (Å²) < 4.78 is 11.6. The second-order valence-corrected chi connectivity index (χ2v) is 23.9. The molecule has 16 rings (SSSR count). The van der Waals surface area contributed by atoms with Gasteiger partial charge in [-0.05, 0) is 199 Å². The second kappa shape index (κ2) is 24.6. The van der Waals surface area contributed by atoms with Crippen LogP contribution in [0.1, 0.15) is 130 Å². The highest BCUT2D eigenvalue weighted by atomic mass is 16.3. The van der Waals surface area contributed by atoms with Crippen molar-refractivity contribution < 1.29 is 8.83 Å². The lowest BCUT2D eigenvalue weighted by Gasteiger charge is -2.34. The van der Waals surface area contributed by atoms with Crippen molar-refractivity contribution in [1.29, 1.82) is 0 Å². The number of furan rings is 2. The van der Waals surface area contributed by atoms with Gasteiger partial charge in [0.2, 0.25) is 0 Å². The fourth-order valence-corrected chi connectivity index (χ4v) is 13.8. The van der Waals surface area contributed by atoms with E-state index >= 15 is 0 Å². The highest BCUT2D eigenvalue weighted by Crippen LogP contribution is 2.58. The monoisotopic (exact) mass is 1090 g/mol. The first-order valence-electron chi connectivity index (χ1n) is 30.8. The van der Waals surface area contributed by atoms with E-state index in [0.717, 1.165) is 28.8 Å². The molecule has 0 radical (unpaired) electrons. The van der Waals surface area contributed by atoms with E-state index in [1.54, 1.807) is 22.3 Å². The fraction of sp³-hybridized carbons (Fsp3) is 0.220. The first-order chi connectivity index (χ1) is 41.1. The van der Waals surface area contributed by atoms with Gasteiger partial charge in [-0.25, -0.2) is 0 Å². The van der Waals surface area contributed by atoms with Gasteiger partial charge in [0, 0.05) is 21.5 Å². The van der Waals surface area contributed by atoms with Gasteiger partial charge < -0.3 is 8.83 Å². The number of hydrogen-bond acceptors (Lipinski definition) is 2. The van der Waals surface area contributed by atoms with Crippen LogP contribution in [-0.2, 0) is 37.5 Å². The molecule has 13 aromatic rings. The van der Waals surface area contributed by atoms with E-state index in [1.165, 1.54) is 150 Å². The van der Waals surface area contributed by atoms with Crippen molar-refractivity contribution in [3.05, 3.63) is 308 Å². The zero-order valence-corrected chi connectivity index (χ0v) is 50.2. The maximum Gasteiger partial charge on any atom is 0.135 e. The maximum atomic E-state index is 5.84. The molecule has 0 fully saturated rings. The number of rotatable bonds is 4. The van der Waals surface area contributed by atoms with Crippen LogP contribution < -0.4 is 0 Å². The molecule has 0 spiro atoms. The summed E-state index contributed by atoms with van der Waals surface area (Å²) >= 11 is 0. The summed E-state index contributed by atoms with van der Waals surface area (Å²) in [5.74, 6) is 0.518. The van der Waals surface area contributed by atoms with Crippen LogP contribution in [-0.4, -0.2) is 0 Å². The Balaban J connectivity index is 0.000000111. The molecule has 0 amide bonds. The summed E-state index contributed by atoms with van der Waals surface area (Å²) in [4.78, 5) is 0. The van der Waals surface area contributed by atoms with E-state index in [-0.39, 0.29) is 5.41 Å². The van der Waals surface area contributed by atoms with Gasteiger partial charge in [-0.15, -0.1) is 0 Å². The van der Waals surface area contributed by atoms with Crippen LogP contribution in [0, 0.1) is 27.7 Å². The third-order valence-corrected chi connectivity index (χ3v) is 17.9. The Bertz CT molecular complexity index is 4340. The first kappa shape index (κ1) is 55.8. The predicted octanol–water partition coefficient (Wildman–Crippen LogP) is 22.4. The SMILES string of the molecule is CC(C)c1cccc2oc3ccccc3c12.CCc1cccc2oc3ccccc3c12.Cc1ccc2c(c1)C(c1ccccc1)(c1ccccc1)c1cc(C)c3ccccc3c1-2.Cc1ccc2c(c1)CCCC2.Cc1ccc2c(c1)CCCC2. The second-order valence-electron chi connectivity index (χ2n) is 23.9. The molecule has 11 aromatic carbocycles. The number of benzene rings is 11. The van der Waals surface area contributed by atoms with Gasteiger partial charge in [0.05, 0.1) is 5.41 Å². The highest BCUT2D eigenvalue weighted by Gasteiger charge is 2.47. The van der Waals surface area contributed by atoms with E-state index < -0.39 is 0 Å². The van der Waals surface area contributed by atoms with E-state index in [9.17, 15) is 0 Å². The average Bonchev–Trinajstić information content (AvgIpc) is 1.72. The van der Waals surface area contributed by atoms with Crippen LogP contribution in [0.15, 0.2) is 239 Å². The molecule has 3 aliphatic rings. The number of aryl methyl sites for hydroxylation is 9. The largest absolute Gasteiger partial charge is 0.456 e. The fourth-order valence-electron chi connectivity index (χ4n) is 13.8. The van der Waals surface area contributed by atoms with Gasteiger partial charge in [0.15, 0.2) is 0 Å². The highest BCUT2D eigenvalue weighted by molar-refractivity contribution is 6.08. The van der Waals surface area contributed by atoms with Crippen LogP contribution in [0.2, 0.25) is 0 Å². The molecule has 2 heteroatoms. The summed E-state index contributed by atoms with van der Waals surface area (Å²) in [5.41, 5.74) is 26.3. The first-order valence-corrected chi connectivity index (χ1v) is 30.8. The summed E-state index contributed by atoms with van der Waals surface area (Å²) in [6.45, 7) is 15.4. The van der Waals surface area contributed by atoms with Crippen LogP contribution >= 0.6 is 0 Å². The van der Waals surface area contributed by atoms with Gasteiger partial charge in [-0.2, -0.15) is 0 Å². The van der Waals surface area contributed by atoms with Gasteiger partial charge >= 0.3 is 0 Å². The third-order valence-electron chi connectivity index (χ3n) is 17.9. The van der Waals surface area contributed by atoms with Gasteiger partial charge in [-0.1, -0.05) is 244 Å². The zero-order chi connectivity index (χ0) is 57.7. The van der Waals surface area contributed by atoms with Crippen molar-refractivity contribution in [3.8, 4) is 11.1 Å². The van der Waals surface area contributed by atoms with Crippen molar-refractivity contribution in [2.75, 3.05) is 0 Å². The summed E-state index contributed by atoms with van der Waals surface area (Å²) in [7, 11) is 0. The number of para-hydroxylation sites is 2. The molecule has 2 heterocycles. The van der Waals surface area contributed by atoms with Crippen molar-refractivity contribution in [2.24, 2.45) is 0 Å². The van der Waals surface area contributed by atoms with Gasteiger partial charge in [-0.3, -0.25) is 0 Å². The Morgan fingerprint density at radius 2 is 0.833 bits per heavy atom. The summed E-state index contributed by atoms with van der Waals surface area (Å²) in [6, 6.07) is 83.1. The molecule has 84 heavy (non-hydrogen) atoms. The van der Waals surface area contributed by atoms with Crippen molar-refractivity contribution in [3.63, 3.8) is 0 Å². The zero-order valence-electron chi connectivity index (χ0n) is 50.2. The number of hydrogen-bond donors (Lipinski definition) is 0. The van der Waals surface area contributed by atoms with Crippen molar-refractivity contribution in [2.45, 2.75) is 118 Å². The molecule has 0 aliphatic heterocycles. The standard InChI is InChI=1S/C31H24.C15H14O.C14H12O.2C11H14/c1-21-17-18-27-28(19-21)31(23-11-5-3-6-12-23,24-13-7-4-8-14-24)29-20-22(2)25-15-9-10-16-26(25)30(27)29;1-10(2)11-7-5-9-14-15(11)12-6-3-4-8-13(12)16-14;1-2-10-6-5-9-13-14(10)11-7-3-4-8-12(11)15-13;2*1-9-6-7-10-4-2-3-5-11(10)8-9/h3-20H,1-2H3;3-10H,1-2H3;3-9H,2H2,1H3;2*6-8H,2-5H2,1H3. The molecule has 2 nitrogen and oxygen atoms in total. The molecular formula is C82H78O2. The molecule has 0 bridgehead atoms. The maximum absolute atomic E-state index is 5.84. The van der Waals surface area contributed by atoms with Gasteiger partial charge in [0.25, 0.3) is 0 Å². The van der Waals surface area contributed by atoms with E-state index in [0.29, 0.717) is 5.92 Å². The lowest BCUT2D eigenvalue weighted by molar-refractivity contribution is 0.668. The molecule has 3 aliphatic carbocycles. The van der Waals surface area contributed by atoms with Crippen LogP contribution in [0.4, 0.5) is 0 Å². The van der Waals surface area contributed by atoms with Crippen molar-refractivity contribution in [1.82, 2.24) is 0 Å². The van der Waals surface area contributed by atoms with Crippen molar-refractivity contribution >= 4 is 54.6 Å². The van der Waals surface area contributed by atoms with Gasteiger partial charge in [0.1, 0.15) is 22.3 Å². The normalized spacial score (nSPS) is 13.5. The lowest BCUT2D eigenvalue weighted by atomic mass is 9.67. The van der Waals surface area contributed by atoms with Crippen LogP contribution in [0.25, 0.3) is 65.8 Å². The smallest absolute Gasteiger partial charge is 0.135 e. The molecule has 2 aromatic heterocycles. The van der Waals surface area contributed by atoms with Crippen LogP contribution in [0.5, 0.6) is 0 Å². The molecule has 0 saturated heterocycles. The summed E-state index contributed by atoms with van der Waals surface area (Å²) in [6.07, 6.45) is 11.8. The Hall–Kier alpha value is -8.72. The predicted molar refractivity (Wildman–Crippen MR) is 357 cm³/mol.